The van der Waals surface area contributed by atoms with Gasteiger partial charge in [0, 0.05) is 48.4 Å². The molecule has 3 heterocycles. The van der Waals surface area contributed by atoms with Gasteiger partial charge >= 0.3 is 0 Å². The second-order valence-electron chi connectivity index (χ2n) is 13.3. The topological polar surface area (TPSA) is 29.5 Å². The van der Waals surface area contributed by atoms with E-state index in [1.807, 2.05) is 35.6 Å². The number of rotatable bonds is 5. The Kier molecular flexibility index (Phi) is 6.42. The highest BCUT2D eigenvalue weighted by Gasteiger charge is 2.19. The number of furan rings is 2. The molecule has 4 heteroatoms. The van der Waals surface area contributed by atoms with Gasteiger partial charge in [-0.25, -0.2) is 0 Å². The zero-order chi connectivity index (χ0) is 34.2. The molecule has 0 amide bonds. The molecule has 0 spiro atoms. The fourth-order valence-corrected chi connectivity index (χ4v) is 8.98. The summed E-state index contributed by atoms with van der Waals surface area (Å²) in [4.78, 5) is 2.40. The summed E-state index contributed by atoms with van der Waals surface area (Å²) in [5.74, 6) is 0. The van der Waals surface area contributed by atoms with Crippen molar-refractivity contribution in [2.24, 2.45) is 0 Å². The normalized spacial score (nSPS) is 11.8. The summed E-state index contributed by atoms with van der Waals surface area (Å²) in [5, 5.41) is 7.10. The Bertz CT molecular complexity index is 3150. The zero-order valence-corrected chi connectivity index (χ0v) is 28.7. The Labute approximate surface area is 303 Å². The molecule has 3 aromatic heterocycles. The fourth-order valence-electron chi connectivity index (χ4n) is 7.77. The second-order valence-corrected chi connectivity index (χ2v) is 14.4. The molecule has 52 heavy (non-hydrogen) atoms. The summed E-state index contributed by atoms with van der Waals surface area (Å²) in [6.45, 7) is 0. The van der Waals surface area contributed by atoms with E-state index in [9.17, 15) is 0 Å². The minimum Gasteiger partial charge on any atom is -0.456 e. The lowest BCUT2D eigenvalue weighted by molar-refractivity contribution is 0.668. The summed E-state index contributed by atoms with van der Waals surface area (Å²) in [7, 11) is 0. The summed E-state index contributed by atoms with van der Waals surface area (Å²) in [6.07, 6.45) is 0. The van der Waals surface area contributed by atoms with Gasteiger partial charge in [0.25, 0.3) is 0 Å². The Balaban J connectivity index is 1.06. The molecule has 0 saturated carbocycles. The van der Waals surface area contributed by atoms with Gasteiger partial charge in [-0.3, -0.25) is 0 Å². The quantitative estimate of drug-likeness (QED) is 0.181. The Morgan fingerprint density at radius 3 is 1.79 bits per heavy atom. The van der Waals surface area contributed by atoms with Gasteiger partial charge < -0.3 is 13.7 Å². The molecule has 0 aliphatic rings. The molecule has 244 valence electrons. The lowest BCUT2D eigenvalue weighted by Gasteiger charge is -2.27. The zero-order valence-electron chi connectivity index (χ0n) is 27.9. The van der Waals surface area contributed by atoms with Crippen LogP contribution in [0.15, 0.2) is 185 Å². The lowest BCUT2D eigenvalue weighted by Crippen LogP contribution is -2.10. The Morgan fingerprint density at radius 2 is 0.942 bits per heavy atom. The average Bonchev–Trinajstić information content (AvgIpc) is 3.89. The van der Waals surface area contributed by atoms with E-state index in [-0.39, 0.29) is 0 Å². The van der Waals surface area contributed by atoms with Gasteiger partial charge in [-0.2, -0.15) is 0 Å². The van der Waals surface area contributed by atoms with Gasteiger partial charge in [-0.1, -0.05) is 103 Å². The van der Waals surface area contributed by atoms with E-state index in [4.69, 9.17) is 8.83 Å². The third kappa shape index (κ3) is 4.58. The van der Waals surface area contributed by atoms with Crippen molar-refractivity contribution in [1.29, 1.82) is 0 Å². The molecule has 11 aromatic rings. The highest BCUT2D eigenvalue weighted by molar-refractivity contribution is 7.26. The maximum absolute atomic E-state index is 6.28. The molecule has 0 radical (unpaired) electrons. The van der Waals surface area contributed by atoms with Crippen LogP contribution in [0.25, 0.3) is 86.3 Å². The van der Waals surface area contributed by atoms with Gasteiger partial charge in [0.2, 0.25) is 0 Å². The number of hydrogen-bond donors (Lipinski definition) is 0. The highest BCUT2D eigenvalue weighted by Crippen LogP contribution is 2.46. The van der Waals surface area contributed by atoms with Crippen LogP contribution in [0.5, 0.6) is 0 Å². The van der Waals surface area contributed by atoms with Crippen molar-refractivity contribution in [3.8, 4) is 22.3 Å². The maximum atomic E-state index is 6.28. The average molecular weight is 684 g/mol. The third-order valence-electron chi connectivity index (χ3n) is 10.3. The molecule has 11 rings (SSSR count). The molecule has 0 bridgehead atoms. The van der Waals surface area contributed by atoms with Crippen LogP contribution in [0.1, 0.15) is 0 Å². The van der Waals surface area contributed by atoms with Crippen LogP contribution in [0, 0.1) is 0 Å². The van der Waals surface area contributed by atoms with E-state index in [0.29, 0.717) is 0 Å². The van der Waals surface area contributed by atoms with Gasteiger partial charge in [0.15, 0.2) is 0 Å². The molecule has 0 N–H and O–H groups in total. The van der Waals surface area contributed by atoms with Crippen LogP contribution in [0.3, 0.4) is 0 Å². The van der Waals surface area contributed by atoms with E-state index in [0.717, 1.165) is 83.2 Å². The molecule has 0 aliphatic carbocycles. The first kappa shape index (κ1) is 29.1. The van der Waals surface area contributed by atoms with Gasteiger partial charge in [0.1, 0.15) is 22.3 Å². The summed E-state index contributed by atoms with van der Waals surface area (Å²) in [6, 6.07) is 62.7. The van der Waals surface area contributed by atoms with Crippen molar-refractivity contribution < 1.29 is 8.83 Å². The van der Waals surface area contributed by atoms with Crippen LogP contribution >= 0.6 is 11.3 Å². The molecular formula is C48H29NO2S. The standard InChI is InChI=1S/C48H29NO2S/c1-4-16-43-36(11-1)38-25-21-33(29-46(38)51-43)31-9-7-10-35(27-31)49(42-15-8-14-40-39-13-3-6-18-47(39)52-48(40)42)34-23-19-30(20-24-34)32-22-26-45-41(28-32)37-12-2-5-17-44(37)50-45/h1-29H. The summed E-state index contributed by atoms with van der Waals surface area (Å²) < 4.78 is 14.9. The predicted octanol–water partition coefficient (Wildman–Crippen LogP) is 14.7. The monoisotopic (exact) mass is 683 g/mol. The number of thiophene rings is 1. The van der Waals surface area contributed by atoms with E-state index < -0.39 is 0 Å². The van der Waals surface area contributed by atoms with Gasteiger partial charge in [-0.15, -0.1) is 11.3 Å². The number of fused-ring (bicyclic) bond motifs is 9. The largest absolute Gasteiger partial charge is 0.456 e. The molecule has 3 nitrogen and oxygen atoms in total. The molecule has 0 unspecified atom stereocenters. The number of hydrogen-bond acceptors (Lipinski definition) is 4. The Morgan fingerprint density at radius 1 is 0.346 bits per heavy atom. The van der Waals surface area contributed by atoms with Crippen molar-refractivity contribution in [2.45, 2.75) is 0 Å². The van der Waals surface area contributed by atoms with E-state index in [1.165, 1.54) is 20.2 Å². The predicted molar refractivity (Wildman–Crippen MR) is 219 cm³/mol. The molecular weight excluding hydrogens is 655 g/mol. The van der Waals surface area contributed by atoms with E-state index in [1.54, 1.807) is 0 Å². The van der Waals surface area contributed by atoms with Crippen LogP contribution in [0.2, 0.25) is 0 Å². The SMILES string of the molecule is c1cc(-c2ccc3c(c2)oc2ccccc23)cc(N(c2ccc(-c3ccc4oc5ccccc5c4c3)cc2)c2cccc3c2sc2ccccc23)c1. The van der Waals surface area contributed by atoms with Crippen molar-refractivity contribution >= 4 is 92.4 Å². The van der Waals surface area contributed by atoms with Gasteiger partial charge in [-0.05, 0) is 95.1 Å². The minimum absolute atomic E-state index is 0.896. The summed E-state index contributed by atoms with van der Waals surface area (Å²) in [5.41, 5.74) is 11.5. The van der Waals surface area contributed by atoms with E-state index in [2.05, 4.69) is 157 Å². The van der Waals surface area contributed by atoms with Crippen LogP contribution in [-0.2, 0) is 0 Å². The third-order valence-corrected chi connectivity index (χ3v) is 11.5. The second kappa shape index (κ2) is 11.5. The minimum atomic E-state index is 0.896. The molecule has 8 aromatic carbocycles. The molecule has 0 aliphatic heterocycles. The number of nitrogens with zero attached hydrogens (tertiary/aromatic N) is 1. The first-order chi connectivity index (χ1) is 25.7. The Hall–Kier alpha value is -6.62. The van der Waals surface area contributed by atoms with Crippen molar-refractivity contribution in [3.05, 3.63) is 176 Å². The van der Waals surface area contributed by atoms with Crippen molar-refractivity contribution in [3.63, 3.8) is 0 Å². The van der Waals surface area contributed by atoms with Crippen LogP contribution in [0.4, 0.5) is 17.1 Å². The van der Waals surface area contributed by atoms with Gasteiger partial charge in [0.05, 0.1) is 10.4 Å². The van der Waals surface area contributed by atoms with E-state index >= 15 is 0 Å². The fraction of sp³-hybridized carbons (Fsp3) is 0. The maximum Gasteiger partial charge on any atom is 0.136 e. The van der Waals surface area contributed by atoms with Crippen molar-refractivity contribution in [1.82, 2.24) is 0 Å². The number of para-hydroxylation sites is 2. The highest BCUT2D eigenvalue weighted by atomic mass is 32.1. The smallest absolute Gasteiger partial charge is 0.136 e. The van der Waals surface area contributed by atoms with Crippen LogP contribution < -0.4 is 4.90 Å². The first-order valence-electron chi connectivity index (χ1n) is 17.5. The molecule has 0 saturated heterocycles. The summed E-state index contributed by atoms with van der Waals surface area (Å²) >= 11 is 1.85. The molecule has 0 atom stereocenters. The lowest BCUT2D eigenvalue weighted by atomic mass is 10.0. The number of anilines is 3. The number of benzene rings is 8. The van der Waals surface area contributed by atoms with Crippen LogP contribution in [-0.4, -0.2) is 0 Å². The first-order valence-corrected chi connectivity index (χ1v) is 18.3. The molecule has 0 fully saturated rings. The van der Waals surface area contributed by atoms with Crippen molar-refractivity contribution in [2.75, 3.05) is 4.90 Å².